The molecule has 1 heterocycles. The first-order chi connectivity index (χ1) is 6.77. The number of aromatic nitrogens is 1. The fourth-order valence-electron chi connectivity index (χ4n) is 0.916. The smallest absolute Gasteiger partial charge is 0.337 e. The Morgan fingerprint density at radius 1 is 1.50 bits per heavy atom. The molecule has 0 aliphatic heterocycles. The summed E-state index contributed by atoms with van der Waals surface area (Å²) < 4.78 is 4.57. The zero-order valence-electron chi connectivity index (χ0n) is 9.20. The second-order valence-corrected chi connectivity index (χ2v) is 2.38. The number of carbonyl (C=O) groups excluding carboxylic acids is 1. The summed E-state index contributed by atoms with van der Waals surface area (Å²) in [5.74, 6) is -0.313. The first-order valence-electron chi connectivity index (χ1n) is 4.81. The van der Waals surface area contributed by atoms with Crippen molar-refractivity contribution in [2.75, 3.05) is 7.11 Å². The zero-order valence-corrected chi connectivity index (χ0v) is 9.20. The van der Waals surface area contributed by atoms with Gasteiger partial charge in [0.15, 0.2) is 0 Å². The van der Waals surface area contributed by atoms with Crippen LogP contribution >= 0.6 is 0 Å². The lowest BCUT2D eigenvalue weighted by molar-refractivity contribution is 0.0600. The average Bonchev–Trinajstić information content (AvgIpc) is 2.30. The number of hydrogen-bond donors (Lipinski definition) is 0. The van der Waals surface area contributed by atoms with Gasteiger partial charge in [-0.2, -0.15) is 0 Å². The molecule has 0 unspecified atom stereocenters. The molecular weight excluding hydrogens is 178 g/mol. The molecule has 0 N–H and O–H groups in total. The molecule has 0 saturated heterocycles. The van der Waals surface area contributed by atoms with Crippen LogP contribution in [0.5, 0.6) is 0 Å². The molecule has 0 spiro atoms. The molecule has 0 aliphatic rings. The van der Waals surface area contributed by atoms with Crippen LogP contribution in [0.2, 0.25) is 0 Å². The van der Waals surface area contributed by atoms with Crippen LogP contribution < -0.4 is 0 Å². The van der Waals surface area contributed by atoms with Gasteiger partial charge in [-0.25, -0.2) is 4.79 Å². The number of rotatable bonds is 2. The van der Waals surface area contributed by atoms with Crippen molar-refractivity contribution < 1.29 is 9.53 Å². The lowest BCUT2D eigenvalue weighted by Gasteiger charge is -1.99. The molecule has 0 aliphatic carbocycles. The number of pyridine rings is 1. The van der Waals surface area contributed by atoms with Crippen LogP contribution in [-0.4, -0.2) is 18.1 Å². The van der Waals surface area contributed by atoms with Gasteiger partial charge in [0, 0.05) is 11.9 Å². The van der Waals surface area contributed by atoms with E-state index in [0.717, 1.165) is 12.1 Å². The van der Waals surface area contributed by atoms with E-state index in [1.165, 1.54) is 7.11 Å². The Kier molecular flexibility index (Phi) is 6.37. The van der Waals surface area contributed by atoms with Gasteiger partial charge in [0.05, 0.1) is 12.7 Å². The topological polar surface area (TPSA) is 39.2 Å². The van der Waals surface area contributed by atoms with E-state index >= 15 is 0 Å². The van der Waals surface area contributed by atoms with Crippen molar-refractivity contribution in [1.82, 2.24) is 4.98 Å². The van der Waals surface area contributed by atoms with Crippen molar-refractivity contribution in [2.45, 2.75) is 27.2 Å². The van der Waals surface area contributed by atoms with E-state index < -0.39 is 0 Å². The maximum atomic E-state index is 11.0. The predicted octanol–water partition coefficient (Wildman–Crippen LogP) is 2.46. The van der Waals surface area contributed by atoms with Crippen molar-refractivity contribution in [3.05, 3.63) is 29.6 Å². The summed E-state index contributed by atoms with van der Waals surface area (Å²) in [7, 11) is 1.37. The second-order valence-electron chi connectivity index (χ2n) is 2.38. The first-order valence-corrected chi connectivity index (χ1v) is 4.81. The largest absolute Gasteiger partial charge is 0.465 e. The van der Waals surface area contributed by atoms with E-state index in [4.69, 9.17) is 0 Å². The van der Waals surface area contributed by atoms with Crippen LogP contribution in [0.1, 0.15) is 36.8 Å². The lowest BCUT2D eigenvalue weighted by atomic mass is 10.2. The molecule has 1 aromatic rings. The SMILES string of the molecule is CC.CCc1cc(C(=O)OC)ccn1. The van der Waals surface area contributed by atoms with Crippen molar-refractivity contribution >= 4 is 5.97 Å². The van der Waals surface area contributed by atoms with Gasteiger partial charge in [0.1, 0.15) is 0 Å². The monoisotopic (exact) mass is 195 g/mol. The minimum Gasteiger partial charge on any atom is -0.465 e. The second kappa shape index (κ2) is 7.06. The number of aryl methyl sites for hydroxylation is 1. The maximum Gasteiger partial charge on any atom is 0.337 e. The van der Waals surface area contributed by atoms with Gasteiger partial charge in [-0.15, -0.1) is 0 Å². The van der Waals surface area contributed by atoms with Crippen LogP contribution in [0.25, 0.3) is 0 Å². The molecule has 0 fully saturated rings. The number of ether oxygens (including phenoxy) is 1. The highest BCUT2D eigenvalue weighted by atomic mass is 16.5. The minimum atomic E-state index is -0.313. The summed E-state index contributed by atoms with van der Waals surface area (Å²) in [6.07, 6.45) is 2.44. The van der Waals surface area contributed by atoms with E-state index in [1.54, 1.807) is 18.3 Å². The molecule has 3 heteroatoms. The van der Waals surface area contributed by atoms with Gasteiger partial charge in [0.25, 0.3) is 0 Å². The highest BCUT2D eigenvalue weighted by Crippen LogP contribution is 2.03. The summed E-state index contributed by atoms with van der Waals surface area (Å²) >= 11 is 0. The Labute approximate surface area is 85.1 Å². The predicted molar refractivity (Wildman–Crippen MR) is 56.3 cm³/mol. The van der Waals surface area contributed by atoms with Gasteiger partial charge in [0.2, 0.25) is 0 Å². The zero-order chi connectivity index (χ0) is 11.0. The third kappa shape index (κ3) is 3.56. The maximum absolute atomic E-state index is 11.0. The number of methoxy groups -OCH3 is 1. The molecule has 1 rings (SSSR count). The third-order valence-corrected chi connectivity index (χ3v) is 1.60. The van der Waals surface area contributed by atoms with Gasteiger partial charge in [-0.3, -0.25) is 4.98 Å². The molecule has 14 heavy (non-hydrogen) atoms. The molecule has 0 radical (unpaired) electrons. The summed E-state index contributed by atoms with van der Waals surface area (Å²) in [6.45, 7) is 5.99. The van der Waals surface area contributed by atoms with Crippen LogP contribution in [-0.2, 0) is 11.2 Å². The molecule has 0 bridgehead atoms. The normalized spacial score (nSPS) is 8.57. The Balaban J connectivity index is 0.000000791. The quantitative estimate of drug-likeness (QED) is 0.680. The number of carbonyl (C=O) groups is 1. The Hall–Kier alpha value is -1.38. The molecular formula is C11H17NO2. The first kappa shape index (κ1) is 12.6. The van der Waals surface area contributed by atoms with Crippen molar-refractivity contribution in [1.29, 1.82) is 0 Å². The molecule has 3 nitrogen and oxygen atoms in total. The van der Waals surface area contributed by atoms with Gasteiger partial charge < -0.3 is 4.74 Å². The molecule has 0 amide bonds. The van der Waals surface area contributed by atoms with Crippen molar-refractivity contribution in [3.63, 3.8) is 0 Å². The highest BCUT2D eigenvalue weighted by Gasteiger charge is 2.04. The van der Waals surface area contributed by atoms with Gasteiger partial charge >= 0.3 is 5.97 Å². The van der Waals surface area contributed by atoms with E-state index in [2.05, 4.69) is 9.72 Å². The third-order valence-electron chi connectivity index (χ3n) is 1.60. The van der Waals surface area contributed by atoms with Crippen molar-refractivity contribution in [2.24, 2.45) is 0 Å². The van der Waals surface area contributed by atoms with Gasteiger partial charge in [-0.1, -0.05) is 20.8 Å². The molecule has 78 valence electrons. The molecule has 0 saturated carbocycles. The summed E-state index contributed by atoms with van der Waals surface area (Å²) in [4.78, 5) is 15.1. The van der Waals surface area contributed by atoms with Crippen LogP contribution in [0.15, 0.2) is 18.3 Å². The summed E-state index contributed by atoms with van der Waals surface area (Å²) in [5.41, 5.74) is 1.46. The number of hydrogen-bond acceptors (Lipinski definition) is 3. The molecule has 0 atom stereocenters. The van der Waals surface area contributed by atoms with E-state index in [9.17, 15) is 4.79 Å². The Morgan fingerprint density at radius 3 is 2.64 bits per heavy atom. The van der Waals surface area contributed by atoms with Crippen LogP contribution in [0.3, 0.4) is 0 Å². The standard InChI is InChI=1S/C9H11NO2.C2H6/c1-3-8-6-7(4-5-10-8)9(11)12-2;1-2/h4-6H,3H2,1-2H3;1-2H3. The molecule has 1 aromatic heterocycles. The Bertz CT molecular complexity index is 284. The highest BCUT2D eigenvalue weighted by molar-refractivity contribution is 5.89. The lowest BCUT2D eigenvalue weighted by Crippen LogP contribution is -2.02. The Morgan fingerprint density at radius 2 is 2.14 bits per heavy atom. The van der Waals surface area contributed by atoms with Crippen LogP contribution in [0.4, 0.5) is 0 Å². The summed E-state index contributed by atoms with van der Waals surface area (Å²) in [6, 6.07) is 3.39. The summed E-state index contributed by atoms with van der Waals surface area (Å²) in [5, 5.41) is 0. The van der Waals surface area contributed by atoms with E-state index in [1.807, 2.05) is 20.8 Å². The van der Waals surface area contributed by atoms with E-state index in [-0.39, 0.29) is 5.97 Å². The number of nitrogens with zero attached hydrogens (tertiary/aromatic N) is 1. The minimum absolute atomic E-state index is 0.313. The fraction of sp³-hybridized carbons (Fsp3) is 0.455. The fourth-order valence-corrected chi connectivity index (χ4v) is 0.916. The number of esters is 1. The molecule has 0 aromatic carbocycles. The average molecular weight is 195 g/mol. The van der Waals surface area contributed by atoms with Gasteiger partial charge in [-0.05, 0) is 18.6 Å². The van der Waals surface area contributed by atoms with Crippen molar-refractivity contribution in [3.8, 4) is 0 Å². The van der Waals surface area contributed by atoms with E-state index in [0.29, 0.717) is 5.56 Å². The van der Waals surface area contributed by atoms with Crippen LogP contribution in [0, 0.1) is 0 Å².